The van der Waals surface area contributed by atoms with Crippen molar-refractivity contribution in [2.24, 2.45) is 11.8 Å². The minimum Gasteiger partial charge on any atom is -0.504 e. The summed E-state index contributed by atoms with van der Waals surface area (Å²) < 4.78 is 22.0. The predicted molar refractivity (Wildman–Crippen MR) is 129 cm³/mol. The van der Waals surface area contributed by atoms with Crippen molar-refractivity contribution in [2.45, 2.75) is 43.0 Å². The monoisotopic (exact) mass is 522 g/mol. The van der Waals surface area contributed by atoms with E-state index in [-0.39, 0.29) is 36.4 Å². The number of rotatable bonds is 8. The predicted octanol–water partition coefficient (Wildman–Crippen LogP) is -0.156. The zero-order valence-electron chi connectivity index (χ0n) is 20.6. The number of aliphatic hydroxyl groups excluding tert-OH is 5. The number of phenols is 2. The van der Waals surface area contributed by atoms with E-state index in [1.54, 1.807) is 24.3 Å². The van der Waals surface area contributed by atoms with E-state index >= 15 is 0 Å². The molecule has 2 aliphatic rings. The van der Waals surface area contributed by atoms with Crippen molar-refractivity contribution in [3.63, 3.8) is 0 Å². The van der Waals surface area contributed by atoms with Gasteiger partial charge in [0.15, 0.2) is 29.3 Å². The van der Waals surface area contributed by atoms with Gasteiger partial charge < -0.3 is 54.7 Å². The maximum atomic E-state index is 10.6. The Balaban J connectivity index is 1.72. The Morgan fingerprint density at radius 3 is 2.22 bits per heavy atom. The number of aliphatic hydroxyl groups is 5. The summed E-state index contributed by atoms with van der Waals surface area (Å²) in [4.78, 5) is 0. The molecule has 37 heavy (non-hydrogen) atoms. The van der Waals surface area contributed by atoms with Crippen LogP contribution >= 0.6 is 0 Å². The average Bonchev–Trinajstić information content (AvgIpc) is 2.90. The molecule has 0 saturated carbocycles. The Morgan fingerprint density at radius 1 is 0.865 bits per heavy atom. The normalized spacial score (nSPS) is 31.5. The van der Waals surface area contributed by atoms with E-state index < -0.39 is 49.1 Å². The molecule has 0 aromatic heterocycles. The molecule has 0 spiro atoms. The van der Waals surface area contributed by atoms with Crippen molar-refractivity contribution in [3.05, 3.63) is 47.0 Å². The van der Waals surface area contributed by atoms with Gasteiger partial charge in [-0.05, 0) is 59.2 Å². The van der Waals surface area contributed by atoms with Gasteiger partial charge in [-0.25, -0.2) is 0 Å². The SMILES string of the molecule is COc1cc([C@@H]2c3cc(O)c(OC)cc3C[C@H](CO)[C@@H]2CO[C@@H]2O[C@H](CO)[C@@H](O)[C@H](O)[C@H]2O)ccc1O. The van der Waals surface area contributed by atoms with Crippen molar-refractivity contribution in [1.29, 1.82) is 0 Å². The summed E-state index contributed by atoms with van der Waals surface area (Å²) in [6.45, 7) is -0.830. The van der Waals surface area contributed by atoms with Gasteiger partial charge in [0.2, 0.25) is 0 Å². The fraction of sp³-hybridized carbons (Fsp3) is 0.538. The van der Waals surface area contributed by atoms with Gasteiger partial charge in [0.05, 0.1) is 27.4 Å². The van der Waals surface area contributed by atoms with Crippen LogP contribution in [0.4, 0.5) is 0 Å². The van der Waals surface area contributed by atoms with Gasteiger partial charge in [-0.1, -0.05) is 6.07 Å². The fourth-order valence-corrected chi connectivity index (χ4v) is 5.35. The summed E-state index contributed by atoms with van der Waals surface area (Å²) in [5.74, 6) is -0.744. The number of fused-ring (bicyclic) bond motifs is 1. The van der Waals surface area contributed by atoms with Crippen LogP contribution in [0.3, 0.4) is 0 Å². The number of ether oxygens (including phenoxy) is 4. The number of methoxy groups -OCH3 is 2. The summed E-state index contributed by atoms with van der Waals surface area (Å²) in [5.41, 5.74) is 2.34. The molecule has 1 heterocycles. The first kappa shape index (κ1) is 27.4. The molecule has 4 rings (SSSR count). The summed E-state index contributed by atoms with van der Waals surface area (Å²) in [7, 11) is 2.88. The van der Waals surface area contributed by atoms with Crippen LogP contribution in [0.5, 0.6) is 23.0 Å². The van der Waals surface area contributed by atoms with Gasteiger partial charge in [-0.2, -0.15) is 0 Å². The summed E-state index contributed by atoms with van der Waals surface area (Å²) >= 11 is 0. The highest BCUT2D eigenvalue weighted by Gasteiger charge is 2.45. The molecule has 2 aromatic carbocycles. The van der Waals surface area contributed by atoms with Crippen LogP contribution in [0.2, 0.25) is 0 Å². The van der Waals surface area contributed by atoms with E-state index in [1.807, 2.05) is 0 Å². The molecule has 204 valence electrons. The lowest BCUT2D eigenvalue weighted by Gasteiger charge is -2.43. The van der Waals surface area contributed by atoms with Crippen LogP contribution in [-0.4, -0.2) is 100 Å². The lowest BCUT2D eigenvalue weighted by molar-refractivity contribution is -0.304. The number of hydrogen-bond acceptors (Lipinski definition) is 11. The van der Waals surface area contributed by atoms with Crippen molar-refractivity contribution >= 4 is 0 Å². The lowest BCUT2D eigenvalue weighted by atomic mass is 9.67. The number of aromatic hydroxyl groups is 2. The van der Waals surface area contributed by atoms with E-state index in [0.717, 1.165) is 16.7 Å². The lowest BCUT2D eigenvalue weighted by Crippen LogP contribution is -2.59. The van der Waals surface area contributed by atoms with E-state index in [1.165, 1.54) is 20.3 Å². The minimum atomic E-state index is -1.59. The smallest absolute Gasteiger partial charge is 0.186 e. The Hall–Kier alpha value is -2.64. The Bertz CT molecular complexity index is 1070. The molecule has 8 atom stereocenters. The molecular formula is C26H34O11. The van der Waals surface area contributed by atoms with E-state index in [4.69, 9.17) is 18.9 Å². The largest absolute Gasteiger partial charge is 0.504 e. The third-order valence-corrected chi connectivity index (χ3v) is 7.39. The molecule has 1 aliphatic carbocycles. The zero-order chi connectivity index (χ0) is 26.9. The highest BCUT2D eigenvalue weighted by atomic mass is 16.7. The van der Waals surface area contributed by atoms with Crippen molar-refractivity contribution < 1.29 is 54.7 Å². The highest BCUT2D eigenvalue weighted by molar-refractivity contribution is 5.53. The van der Waals surface area contributed by atoms with E-state index in [2.05, 4.69) is 0 Å². The highest BCUT2D eigenvalue weighted by Crippen LogP contribution is 2.48. The third-order valence-electron chi connectivity index (χ3n) is 7.39. The zero-order valence-corrected chi connectivity index (χ0v) is 20.6. The van der Waals surface area contributed by atoms with Crippen molar-refractivity contribution in [3.8, 4) is 23.0 Å². The molecule has 0 radical (unpaired) electrons. The second-order valence-corrected chi connectivity index (χ2v) is 9.47. The topological polar surface area (TPSA) is 179 Å². The van der Waals surface area contributed by atoms with Crippen LogP contribution in [0.15, 0.2) is 30.3 Å². The van der Waals surface area contributed by atoms with Crippen LogP contribution in [0.25, 0.3) is 0 Å². The number of hydrogen-bond donors (Lipinski definition) is 7. The average molecular weight is 523 g/mol. The van der Waals surface area contributed by atoms with Gasteiger partial charge in [0, 0.05) is 12.5 Å². The summed E-state index contributed by atoms with van der Waals surface area (Å²) in [6, 6.07) is 8.22. The van der Waals surface area contributed by atoms with Gasteiger partial charge in [-0.3, -0.25) is 0 Å². The summed E-state index contributed by atoms with van der Waals surface area (Å²) in [5, 5.41) is 71.2. The van der Waals surface area contributed by atoms with Crippen LogP contribution < -0.4 is 9.47 Å². The van der Waals surface area contributed by atoms with Crippen molar-refractivity contribution in [2.75, 3.05) is 34.0 Å². The molecular weight excluding hydrogens is 488 g/mol. The Morgan fingerprint density at radius 2 is 1.57 bits per heavy atom. The molecule has 2 aromatic rings. The maximum Gasteiger partial charge on any atom is 0.186 e. The fourth-order valence-electron chi connectivity index (χ4n) is 5.35. The molecule has 11 nitrogen and oxygen atoms in total. The van der Waals surface area contributed by atoms with Crippen LogP contribution in [-0.2, 0) is 15.9 Å². The standard InChI is InChI=1S/C26H34O11/c1-34-19-6-12(3-4-17(19)29)22-15-8-18(30)20(35-2)7-13(15)5-14(9-27)16(22)11-36-26-25(33)24(32)23(31)21(10-28)37-26/h3-4,6-8,14,16,21-33H,5,9-11H2,1-2H3/t14-,16+,21-,22-,23-,24+,25-,26-/m1/s1. The van der Waals surface area contributed by atoms with E-state index in [9.17, 15) is 35.7 Å². The number of phenolic OH excluding ortho intramolecular Hbond substituents is 2. The van der Waals surface area contributed by atoms with Crippen LogP contribution in [0.1, 0.15) is 22.6 Å². The number of benzene rings is 2. The molecule has 0 bridgehead atoms. The molecule has 1 aliphatic heterocycles. The van der Waals surface area contributed by atoms with Crippen LogP contribution in [0, 0.1) is 11.8 Å². The summed E-state index contributed by atoms with van der Waals surface area (Å²) in [6.07, 6.45) is -6.68. The third kappa shape index (κ3) is 5.21. The maximum absolute atomic E-state index is 10.6. The van der Waals surface area contributed by atoms with Gasteiger partial charge >= 0.3 is 0 Å². The second-order valence-electron chi connectivity index (χ2n) is 9.47. The van der Waals surface area contributed by atoms with E-state index in [0.29, 0.717) is 12.2 Å². The molecule has 1 saturated heterocycles. The van der Waals surface area contributed by atoms with Gasteiger partial charge in [0.1, 0.15) is 24.4 Å². The quantitative estimate of drug-likeness (QED) is 0.245. The first-order chi connectivity index (χ1) is 17.7. The minimum absolute atomic E-state index is 0.0476. The van der Waals surface area contributed by atoms with Crippen molar-refractivity contribution in [1.82, 2.24) is 0 Å². The Kier molecular flexibility index (Phi) is 8.44. The molecule has 0 unspecified atom stereocenters. The molecule has 0 amide bonds. The van der Waals surface area contributed by atoms with Gasteiger partial charge in [0.25, 0.3) is 0 Å². The molecule has 1 fully saturated rings. The molecule has 7 N–H and O–H groups in total. The van der Waals surface area contributed by atoms with Gasteiger partial charge in [-0.15, -0.1) is 0 Å². The first-order valence-electron chi connectivity index (χ1n) is 12.0. The Labute approximate surface area is 214 Å². The molecule has 11 heteroatoms. The first-order valence-corrected chi connectivity index (χ1v) is 12.0. The second kappa shape index (κ2) is 11.4.